The summed E-state index contributed by atoms with van der Waals surface area (Å²) in [5.41, 5.74) is 0.641. The number of alkyl halides is 3. The van der Waals surface area contributed by atoms with Crippen LogP contribution in [0.3, 0.4) is 0 Å². The molecule has 0 saturated heterocycles. The van der Waals surface area contributed by atoms with Crippen LogP contribution in [0.2, 0.25) is 0 Å². The van der Waals surface area contributed by atoms with Crippen LogP contribution in [0.15, 0.2) is 18.3 Å². The number of rotatable bonds is 5. The maximum atomic E-state index is 12.5. The first kappa shape index (κ1) is 15.5. The SMILES string of the molecule is CCC(=O)c1ccc(N(CC(F)(F)F)C(C)C)cn1. The third-order valence-corrected chi connectivity index (χ3v) is 2.66. The van der Waals surface area contributed by atoms with E-state index >= 15 is 0 Å². The van der Waals surface area contributed by atoms with Gasteiger partial charge in [-0.15, -0.1) is 0 Å². The van der Waals surface area contributed by atoms with Gasteiger partial charge in [-0.1, -0.05) is 6.92 Å². The number of hydrogen-bond acceptors (Lipinski definition) is 3. The number of carbonyl (C=O) groups excluding carboxylic acids is 1. The van der Waals surface area contributed by atoms with E-state index in [4.69, 9.17) is 0 Å². The minimum Gasteiger partial charge on any atom is -0.359 e. The normalized spacial score (nSPS) is 11.7. The van der Waals surface area contributed by atoms with Crippen LogP contribution >= 0.6 is 0 Å². The number of ketones is 1. The van der Waals surface area contributed by atoms with Crippen molar-refractivity contribution in [3.05, 3.63) is 24.0 Å². The molecule has 0 aliphatic heterocycles. The summed E-state index contributed by atoms with van der Waals surface area (Å²) in [5.74, 6) is -0.126. The van der Waals surface area contributed by atoms with Crippen molar-refractivity contribution in [2.45, 2.75) is 39.4 Å². The highest BCUT2D eigenvalue weighted by atomic mass is 19.4. The zero-order valence-electron chi connectivity index (χ0n) is 11.2. The Morgan fingerprint density at radius 3 is 2.37 bits per heavy atom. The number of halogens is 3. The van der Waals surface area contributed by atoms with Gasteiger partial charge in [0.25, 0.3) is 0 Å². The predicted octanol–water partition coefficient (Wildman–Crippen LogP) is 3.45. The average Bonchev–Trinajstić information content (AvgIpc) is 2.34. The van der Waals surface area contributed by atoms with Gasteiger partial charge in [0.1, 0.15) is 12.2 Å². The van der Waals surface area contributed by atoms with Crippen molar-refractivity contribution in [3.63, 3.8) is 0 Å². The van der Waals surface area contributed by atoms with Crippen LogP contribution in [-0.4, -0.2) is 29.5 Å². The van der Waals surface area contributed by atoms with Crippen molar-refractivity contribution in [1.82, 2.24) is 4.98 Å². The van der Waals surface area contributed by atoms with E-state index in [0.29, 0.717) is 12.1 Å². The van der Waals surface area contributed by atoms with Crippen LogP contribution in [-0.2, 0) is 0 Å². The summed E-state index contributed by atoms with van der Waals surface area (Å²) in [6.45, 7) is 4.03. The lowest BCUT2D eigenvalue weighted by Gasteiger charge is -2.29. The number of aromatic nitrogens is 1. The highest BCUT2D eigenvalue weighted by molar-refractivity contribution is 5.94. The van der Waals surface area contributed by atoms with E-state index in [-0.39, 0.29) is 17.5 Å². The molecule has 0 unspecified atom stereocenters. The fourth-order valence-electron chi connectivity index (χ4n) is 1.67. The van der Waals surface area contributed by atoms with Gasteiger partial charge in [-0.2, -0.15) is 13.2 Å². The summed E-state index contributed by atoms with van der Waals surface area (Å²) in [6.07, 6.45) is -2.64. The molecule has 0 spiro atoms. The third kappa shape index (κ3) is 4.54. The highest BCUT2D eigenvalue weighted by Gasteiger charge is 2.32. The summed E-state index contributed by atoms with van der Waals surface area (Å²) in [5, 5.41) is 0. The second kappa shape index (κ2) is 6.04. The average molecular weight is 274 g/mol. The zero-order chi connectivity index (χ0) is 14.6. The van der Waals surface area contributed by atoms with Gasteiger partial charge in [0.15, 0.2) is 5.78 Å². The van der Waals surface area contributed by atoms with Gasteiger partial charge in [-0.3, -0.25) is 9.78 Å². The van der Waals surface area contributed by atoms with Gasteiger partial charge in [0.2, 0.25) is 0 Å². The Morgan fingerprint density at radius 1 is 1.37 bits per heavy atom. The van der Waals surface area contributed by atoms with E-state index in [1.165, 1.54) is 23.2 Å². The maximum absolute atomic E-state index is 12.5. The molecule has 0 bridgehead atoms. The molecule has 1 rings (SSSR count). The molecule has 0 atom stereocenters. The molecule has 0 N–H and O–H groups in total. The molecule has 19 heavy (non-hydrogen) atoms. The largest absolute Gasteiger partial charge is 0.405 e. The lowest BCUT2D eigenvalue weighted by atomic mass is 10.2. The lowest BCUT2D eigenvalue weighted by molar-refractivity contribution is -0.120. The van der Waals surface area contributed by atoms with Gasteiger partial charge in [-0.05, 0) is 26.0 Å². The molecule has 3 nitrogen and oxygen atoms in total. The number of carbonyl (C=O) groups is 1. The molecule has 1 aromatic rings. The molecule has 6 heteroatoms. The van der Waals surface area contributed by atoms with Gasteiger partial charge in [-0.25, -0.2) is 0 Å². The van der Waals surface area contributed by atoms with Gasteiger partial charge >= 0.3 is 6.18 Å². The van der Waals surface area contributed by atoms with Crippen LogP contribution in [0.1, 0.15) is 37.7 Å². The molecule has 0 aromatic carbocycles. The van der Waals surface area contributed by atoms with Crippen molar-refractivity contribution < 1.29 is 18.0 Å². The van der Waals surface area contributed by atoms with Crippen molar-refractivity contribution in [1.29, 1.82) is 0 Å². The van der Waals surface area contributed by atoms with Gasteiger partial charge < -0.3 is 4.90 Å². The van der Waals surface area contributed by atoms with E-state index in [0.717, 1.165) is 0 Å². The zero-order valence-corrected chi connectivity index (χ0v) is 11.2. The lowest BCUT2D eigenvalue weighted by Crippen LogP contribution is -2.39. The summed E-state index contributed by atoms with van der Waals surface area (Å²) in [4.78, 5) is 16.5. The van der Waals surface area contributed by atoms with Crippen LogP contribution in [0.4, 0.5) is 18.9 Å². The Balaban J connectivity index is 2.95. The molecule has 0 fully saturated rings. The minimum atomic E-state index is -4.28. The number of anilines is 1. The van der Waals surface area contributed by atoms with Crippen LogP contribution < -0.4 is 4.90 Å². The van der Waals surface area contributed by atoms with Crippen molar-refractivity contribution in [3.8, 4) is 0 Å². The number of nitrogens with zero attached hydrogens (tertiary/aromatic N) is 2. The summed E-state index contributed by atoms with van der Waals surface area (Å²) >= 11 is 0. The first-order valence-corrected chi connectivity index (χ1v) is 6.07. The fraction of sp³-hybridized carbons (Fsp3) is 0.538. The minimum absolute atomic E-state index is 0.126. The first-order valence-electron chi connectivity index (χ1n) is 6.07. The monoisotopic (exact) mass is 274 g/mol. The Labute approximate surface area is 110 Å². The van der Waals surface area contributed by atoms with E-state index in [1.807, 2.05) is 0 Å². The summed E-state index contributed by atoms with van der Waals surface area (Å²) in [7, 11) is 0. The third-order valence-electron chi connectivity index (χ3n) is 2.66. The first-order chi connectivity index (χ1) is 8.74. The summed E-state index contributed by atoms with van der Waals surface area (Å²) < 4.78 is 37.5. The van der Waals surface area contributed by atoms with Crippen LogP contribution in [0, 0.1) is 0 Å². The van der Waals surface area contributed by atoms with Crippen molar-refractivity contribution in [2.24, 2.45) is 0 Å². The molecule has 0 saturated carbocycles. The maximum Gasteiger partial charge on any atom is 0.405 e. The summed E-state index contributed by atoms with van der Waals surface area (Å²) in [6, 6.07) is 2.66. The molecule has 1 aromatic heterocycles. The Morgan fingerprint density at radius 2 is 2.00 bits per heavy atom. The van der Waals surface area contributed by atoms with E-state index in [2.05, 4.69) is 4.98 Å². The molecule has 106 valence electrons. The topological polar surface area (TPSA) is 33.2 Å². The second-order valence-corrected chi connectivity index (χ2v) is 4.52. The fourth-order valence-corrected chi connectivity index (χ4v) is 1.67. The predicted molar refractivity (Wildman–Crippen MR) is 67.4 cm³/mol. The number of hydrogen-bond donors (Lipinski definition) is 0. The van der Waals surface area contributed by atoms with E-state index < -0.39 is 12.7 Å². The Bertz CT molecular complexity index is 427. The van der Waals surface area contributed by atoms with Crippen molar-refractivity contribution >= 4 is 11.5 Å². The Kier molecular flexibility index (Phi) is 4.91. The standard InChI is InChI=1S/C13H17F3N2O/c1-4-12(19)11-6-5-10(7-17-11)18(9(2)3)8-13(14,15)16/h5-7,9H,4,8H2,1-3H3. The van der Waals surface area contributed by atoms with Gasteiger partial charge in [0.05, 0.1) is 11.9 Å². The molecule has 0 radical (unpaired) electrons. The Hall–Kier alpha value is -1.59. The smallest absolute Gasteiger partial charge is 0.359 e. The molecular formula is C13H17F3N2O. The molecule has 0 amide bonds. The number of pyridine rings is 1. The van der Waals surface area contributed by atoms with Crippen LogP contribution in [0.5, 0.6) is 0 Å². The highest BCUT2D eigenvalue weighted by Crippen LogP contribution is 2.23. The molecule has 0 aliphatic rings. The molecule has 1 heterocycles. The van der Waals surface area contributed by atoms with Gasteiger partial charge in [0, 0.05) is 12.5 Å². The molecule has 0 aliphatic carbocycles. The van der Waals surface area contributed by atoms with E-state index in [1.54, 1.807) is 20.8 Å². The van der Waals surface area contributed by atoms with Crippen LogP contribution in [0.25, 0.3) is 0 Å². The van der Waals surface area contributed by atoms with Crippen molar-refractivity contribution in [2.75, 3.05) is 11.4 Å². The van der Waals surface area contributed by atoms with E-state index in [9.17, 15) is 18.0 Å². The second-order valence-electron chi connectivity index (χ2n) is 4.52. The quantitative estimate of drug-likeness (QED) is 0.771. The number of Topliss-reactive ketones (excluding diaryl/α,β-unsaturated/α-hetero) is 1. The molecular weight excluding hydrogens is 257 g/mol.